The van der Waals surface area contributed by atoms with Gasteiger partial charge in [0.05, 0.1) is 5.57 Å². The smallest absolute Gasteiger partial charge is 0.336 e. The van der Waals surface area contributed by atoms with Gasteiger partial charge in [-0.25, -0.2) is 4.79 Å². The van der Waals surface area contributed by atoms with Crippen molar-refractivity contribution in [2.75, 3.05) is 0 Å². The SMILES string of the molecule is O=C(O)/C(=C/c1cccc2ccccc12)c1cccnc1. The molecular formula is C18H13NO2. The number of pyridine rings is 1. The second kappa shape index (κ2) is 5.59. The number of nitrogens with zero attached hydrogens (tertiary/aromatic N) is 1. The highest BCUT2D eigenvalue weighted by atomic mass is 16.4. The molecular weight excluding hydrogens is 262 g/mol. The maximum atomic E-state index is 11.5. The molecule has 2 aromatic carbocycles. The van der Waals surface area contributed by atoms with Gasteiger partial charge >= 0.3 is 5.97 Å². The summed E-state index contributed by atoms with van der Waals surface area (Å²) in [5, 5.41) is 11.6. The topological polar surface area (TPSA) is 50.2 Å². The maximum Gasteiger partial charge on any atom is 0.336 e. The third-order valence-corrected chi connectivity index (χ3v) is 3.33. The van der Waals surface area contributed by atoms with E-state index in [-0.39, 0.29) is 5.57 Å². The van der Waals surface area contributed by atoms with Gasteiger partial charge in [-0.2, -0.15) is 0 Å². The Morgan fingerprint density at radius 2 is 1.81 bits per heavy atom. The standard InChI is InChI=1S/C18H13NO2/c20-18(21)17(15-8-4-10-19-12-15)11-14-7-3-6-13-5-1-2-9-16(13)14/h1-12H,(H,20,21)/b17-11+. The van der Waals surface area contributed by atoms with Crippen molar-refractivity contribution in [1.29, 1.82) is 0 Å². The van der Waals surface area contributed by atoms with Gasteiger partial charge in [0.15, 0.2) is 0 Å². The van der Waals surface area contributed by atoms with Crippen molar-refractivity contribution in [3.8, 4) is 0 Å². The molecule has 0 fully saturated rings. The molecule has 0 atom stereocenters. The lowest BCUT2D eigenvalue weighted by atomic mass is 10.00. The molecule has 0 bridgehead atoms. The number of carbonyl (C=O) groups is 1. The van der Waals surface area contributed by atoms with Gasteiger partial charge in [-0.1, -0.05) is 48.5 Å². The van der Waals surface area contributed by atoms with Gasteiger partial charge in [-0.3, -0.25) is 4.98 Å². The van der Waals surface area contributed by atoms with Gasteiger partial charge in [-0.05, 0) is 28.5 Å². The summed E-state index contributed by atoms with van der Waals surface area (Å²) in [4.78, 5) is 15.5. The molecule has 0 aliphatic carbocycles. The second-order valence-corrected chi connectivity index (χ2v) is 4.67. The van der Waals surface area contributed by atoms with E-state index in [2.05, 4.69) is 4.98 Å². The van der Waals surface area contributed by atoms with Crippen LogP contribution in [-0.4, -0.2) is 16.1 Å². The Morgan fingerprint density at radius 1 is 1.00 bits per heavy atom. The number of fused-ring (bicyclic) bond motifs is 1. The predicted molar refractivity (Wildman–Crippen MR) is 83.7 cm³/mol. The quantitative estimate of drug-likeness (QED) is 0.738. The Morgan fingerprint density at radius 3 is 2.57 bits per heavy atom. The second-order valence-electron chi connectivity index (χ2n) is 4.67. The van der Waals surface area contributed by atoms with Gasteiger partial charge in [0.25, 0.3) is 0 Å². The Hall–Kier alpha value is -2.94. The van der Waals surface area contributed by atoms with Crippen LogP contribution in [0.25, 0.3) is 22.4 Å². The van der Waals surface area contributed by atoms with Crippen LogP contribution in [0.15, 0.2) is 67.0 Å². The molecule has 21 heavy (non-hydrogen) atoms. The van der Waals surface area contributed by atoms with Gasteiger partial charge in [0, 0.05) is 18.0 Å². The zero-order valence-electron chi connectivity index (χ0n) is 11.2. The molecule has 1 N–H and O–H groups in total. The van der Waals surface area contributed by atoms with Crippen molar-refractivity contribution in [2.45, 2.75) is 0 Å². The van der Waals surface area contributed by atoms with E-state index in [1.807, 2.05) is 42.5 Å². The zero-order chi connectivity index (χ0) is 14.7. The van der Waals surface area contributed by atoms with Crippen LogP contribution in [0, 0.1) is 0 Å². The summed E-state index contributed by atoms with van der Waals surface area (Å²) in [6.07, 6.45) is 4.88. The molecule has 3 heteroatoms. The predicted octanol–water partition coefficient (Wildman–Crippen LogP) is 3.86. The molecule has 0 aliphatic rings. The third kappa shape index (κ3) is 2.67. The van der Waals surface area contributed by atoms with Crippen molar-refractivity contribution in [1.82, 2.24) is 4.98 Å². The Bertz CT molecular complexity index is 818. The number of rotatable bonds is 3. The number of carboxylic acids is 1. The van der Waals surface area contributed by atoms with Crippen LogP contribution in [0.4, 0.5) is 0 Å². The third-order valence-electron chi connectivity index (χ3n) is 3.33. The van der Waals surface area contributed by atoms with E-state index in [9.17, 15) is 9.90 Å². The van der Waals surface area contributed by atoms with E-state index in [1.54, 1.807) is 30.6 Å². The fourth-order valence-corrected chi connectivity index (χ4v) is 2.32. The number of carboxylic acid groups (broad SMARTS) is 1. The molecule has 0 aliphatic heterocycles. The lowest BCUT2D eigenvalue weighted by molar-refractivity contribution is -0.130. The van der Waals surface area contributed by atoms with Crippen LogP contribution in [-0.2, 0) is 4.79 Å². The van der Waals surface area contributed by atoms with Gasteiger partial charge < -0.3 is 5.11 Å². The summed E-state index contributed by atoms with van der Waals surface area (Å²) in [6.45, 7) is 0. The highest BCUT2D eigenvalue weighted by Crippen LogP contribution is 2.24. The Balaban J connectivity index is 2.19. The molecule has 1 aromatic heterocycles. The Kier molecular flexibility index (Phi) is 3.48. The molecule has 0 radical (unpaired) electrons. The van der Waals surface area contributed by atoms with E-state index in [1.165, 1.54) is 0 Å². The first kappa shape index (κ1) is 13.1. The first-order valence-electron chi connectivity index (χ1n) is 6.59. The highest BCUT2D eigenvalue weighted by Gasteiger charge is 2.11. The molecule has 3 rings (SSSR count). The zero-order valence-corrected chi connectivity index (χ0v) is 11.2. The van der Waals surface area contributed by atoms with E-state index in [4.69, 9.17) is 0 Å². The maximum absolute atomic E-state index is 11.5. The molecule has 1 heterocycles. The molecule has 0 unspecified atom stereocenters. The van der Waals surface area contributed by atoms with Crippen molar-refractivity contribution in [3.05, 3.63) is 78.1 Å². The molecule has 0 amide bonds. The summed E-state index contributed by atoms with van der Waals surface area (Å²) < 4.78 is 0. The number of hydrogen-bond acceptors (Lipinski definition) is 2. The van der Waals surface area contributed by atoms with Crippen LogP contribution in [0.3, 0.4) is 0 Å². The number of aliphatic carboxylic acids is 1. The largest absolute Gasteiger partial charge is 0.478 e. The first-order valence-corrected chi connectivity index (χ1v) is 6.59. The monoisotopic (exact) mass is 275 g/mol. The molecule has 3 nitrogen and oxygen atoms in total. The minimum atomic E-state index is -0.962. The summed E-state index contributed by atoms with van der Waals surface area (Å²) >= 11 is 0. The first-order chi connectivity index (χ1) is 10.3. The number of benzene rings is 2. The summed E-state index contributed by atoms with van der Waals surface area (Å²) in [7, 11) is 0. The highest BCUT2D eigenvalue weighted by molar-refractivity contribution is 6.21. The lowest BCUT2D eigenvalue weighted by Crippen LogP contribution is -2.00. The van der Waals surface area contributed by atoms with Crippen LogP contribution >= 0.6 is 0 Å². The van der Waals surface area contributed by atoms with E-state index < -0.39 is 5.97 Å². The summed E-state index contributed by atoms with van der Waals surface area (Å²) in [5.74, 6) is -0.962. The summed E-state index contributed by atoms with van der Waals surface area (Å²) in [6, 6.07) is 17.3. The van der Waals surface area contributed by atoms with Gasteiger partial charge in [0.2, 0.25) is 0 Å². The van der Waals surface area contributed by atoms with Crippen LogP contribution in [0.5, 0.6) is 0 Å². The summed E-state index contributed by atoms with van der Waals surface area (Å²) in [5.41, 5.74) is 1.71. The normalized spacial score (nSPS) is 11.5. The van der Waals surface area contributed by atoms with E-state index in [0.717, 1.165) is 16.3 Å². The molecule has 102 valence electrons. The van der Waals surface area contributed by atoms with Crippen LogP contribution < -0.4 is 0 Å². The van der Waals surface area contributed by atoms with Gasteiger partial charge in [0.1, 0.15) is 0 Å². The number of aromatic nitrogens is 1. The Labute approximate surface area is 122 Å². The van der Waals surface area contributed by atoms with Gasteiger partial charge in [-0.15, -0.1) is 0 Å². The number of hydrogen-bond donors (Lipinski definition) is 1. The average molecular weight is 275 g/mol. The van der Waals surface area contributed by atoms with Crippen molar-refractivity contribution in [2.24, 2.45) is 0 Å². The van der Waals surface area contributed by atoms with E-state index >= 15 is 0 Å². The van der Waals surface area contributed by atoms with Crippen LogP contribution in [0.2, 0.25) is 0 Å². The van der Waals surface area contributed by atoms with Crippen molar-refractivity contribution < 1.29 is 9.90 Å². The molecule has 0 saturated heterocycles. The molecule has 0 saturated carbocycles. The average Bonchev–Trinajstić information content (AvgIpc) is 2.53. The van der Waals surface area contributed by atoms with Crippen molar-refractivity contribution >= 4 is 28.4 Å². The van der Waals surface area contributed by atoms with Crippen LogP contribution in [0.1, 0.15) is 11.1 Å². The molecule has 3 aromatic rings. The minimum absolute atomic E-state index is 0.236. The molecule has 0 spiro atoms. The fraction of sp³-hybridized carbons (Fsp3) is 0. The fourth-order valence-electron chi connectivity index (χ4n) is 2.32. The van der Waals surface area contributed by atoms with E-state index in [0.29, 0.717) is 5.56 Å². The lowest BCUT2D eigenvalue weighted by Gasteiger charge is -2.05. The minimum Gasteiger partial charge on any atom is -0.478 e. The van der Waals surface area contributed by atoms with Crippen molar-refractivity contribution in [3.63, 3.8) is 0 Å².